The van der Waals surface area contributed by atoms with E-state index in [-0.39, 0.29) is 5.91 Å². The maximum atomic E-state index is 13.5. The van der Waals surface area contributed by atoms with Gasteiger partial charge >= 0.3 is 0 Å². The summed E-state index contributed by atoms with van der Waals surface area (Å²) in [4.78, 5) is 18.1. The Labute approximate surface area is 235 Å². The Morgan fingerprint density at radius 3 is 2.34 bits per heavy atom. The van der Waals surface area contributed by atoms with E-state index in [4.69, 9.17) is 0 Å². The number of nitrogens with zero attached hydrogens (tertiary/aromatic N) is 3. The second kappa shape index (κ2) is 11.2. The first-order valence-electron chi connectivity index (χ1n) is 13.6. The van der Waals surface area contributed by atoms with Crippen LogP contribution in [0.4, 0.5) is 0 Å². The second-order valence-electron chi connectivity index (χ2n) is 11.5. The SMILES string of the molecule is CC1(C)C2CC=C(CN(CCN3CCN(S(=O)(=O)c4ccc(Br)cc4)CC3)C(=O)Cc3ccccc3)C1C2. The van der Waals surface area contributed by atoms with Crippen molar-refractivity contribution in [1.29, 1.82) is 0 Å². The van der Waals surface area contributed by atoms with Crippen LogP contribution in [0.2, 0.25) is 0 Å². The Balaban J connectivity index is 1.21. The van der Waals surface area contributed by atoms with Crippen LogP contribution in [0, 0.1) is 17.3 Å². The molecule has 1 heterocycles. The molecular formula is C30H38BrN3O3S. The first-order chi connectivity index (χ1) is 18.1. The molecule has 2 fully saturated rings. The van der Waals surface area contributed by atoms with Gasteiger partial charge in [-0.05, 0) is 59.9 Å². The maximum Gasteiger partial charge on any atom is 0.243 e. The molecule has 0 spiro atoms. The fourth-order valence-electron chi connectivity index (χ4n) is 6.26. The second-order valence-corrected chi connectivity index (χ2v) is 14.4. The predicted molar refractivity (Wildman–Crippen MR) is 154 cm³/mol. The number of hydrogen-bond donors (Lipinski definition) is 0. The molecular weight excluding hydrogens is 562 g/mol. The van der Waals surface area contributed by atoms with Crippen LogP contribution in [-0.4, -0.2) is 74.2 Å². The quantitative estimate of drug-likeness (QED) is 0.388. The van der Waals surface area contributed by atoms with E-state index < -0.39 is 10.0 Å². The minimum Gasteiger partial charge on any atom is -0.337 e. The molecule has 2 aromatic carbocycles. The van der Waals surface area contributed by atoms with Gasteiger partial charge in [0.1, 0.15) is 0 Å². The van der Waals surface area contributed by atoms with Crippen LogP contribution in [-0.2, 0) is 21.2 Å². The number of benzene rings is 2. The number of piperazine rings is 1. The summed E-state index contributed by atoms with van der Waals surface area (Å²) < 4.78 is 28.6. The number of halogens is 1. The maximum absolute atomic E-state index is 13.5. The van der Waals surface area contributed by atoms with Crippen molar-refractivity contribution in [3.05, 3.63) is 76.3 Å². The lowest BCUT2D eigenvalue weighted by Gasteiger charge is -2.57. The van der Waals surface area contributed by atoms with Crippen LogP contribution >= 0.6 is 15.9 Å². The summed E-state index contributed by atoms with van der Waals surface area (Å²) in [6.45, 7) is 9.08. The monoisotopic (exact) mass is 599 g/mol. The van der Waals surface area contributed by atoms with Crippen LogP contribution in [0.15, 0.2) is 75.6 Å². The third kappa shape index (κ3) is 5.79. The molecule has 0 radical (unpaired) electrons. The van der Waals surface area contributed by atoms with Crippen LogP contribution in [0.3, 0.4) is 0 Å². The van der Waals surface area contributed by atoms with Crippen molar-refractivity contribution in [1.82, 2.24) is 14.1 Å². The van der Waals surface area contributed by atoms with E-state index in [1.165, 1.54) is 12.0 Å². The van der Waals surface area contributed by atoms with Crippen molar-refractivity contribution >= 4 is 31.9 Å². The Hall–Kier alpha value is -2.00. The van der Waals surface area contributed by atoms with Gasteiger partial charge in [0.15, 0.2) is 0 Å². The average molecular weight is 601 g/mol. The summed E-state index contributed by atoms with van der Waals surface area (Å²) in [5.74, 6) is 1.50. The number of fused-ring (bicyclic) bond motifs is 1. The van der Waals surface area contributed by atoms with E-state index in [0.717, 1.165) is 28.9 Å². The molecule has 0 N–H and O–H groups in total. The number of rotatable bonds is 9. The van der Waals surface area contributed by atoms with Crippen molar-refractivity contribution in [3.8, 4) is 0 Å². The van der Waals surface area contributed by atoms with E-state index >= 15 is 0 Å². The molecule has 1 amide bonds. The Bertz CT molecular complexity index is 1270. The van der Waals surface area contributed by atoms with Crippen molar-refractivity contribution in [2.75, 3.05) is 45.8 Å². The van der Waals surface area contributed by atoms with E-state index in [2.05, 4.69) is 40.8 Å². The fourth-order valence-corrected chi connectivity index (χ4v) is 7.95. The van der Waals surface area contributed by atoms with Gasteiger partial charge in [-0.15, -0.1) is 0 Å². The average Bonchev–Trinajstić information content (AvgIpc) is 2.92. The lowest BCUT2D eigenvalue weighted by molar-refractivity contribution is -0.130. The Morgan fingerprint density at radius 2 is 1.71 bits per heavy atom. The lowest BCUT2D eigenvalue weighted by Crippen LogP contribution is -2.52. The van der Waals surface area contributed by atoms with Gasteiger partial charge in [0.2, 0.25) is 15.9 Å². The molecule has 8 heteroatoms. The van der Waals surface area contributed by atoms with Gasteiger partial charge in [0.25, 0.3) is 0 Å². The van der Waals surface area contributed by atoms with Crippen LogP contribution in [0.25, 0.3) is 0 Å². The summed E-state index contributed by atoms with van der Waals surface area (Å²) in [6.07, 6.45) is 5.16. The van der Waals surface area contributed by atoms with Crippen molar-refractivity contribution in [2.24, 2.45) is 17.3 Å². The largest absolute Gasteiger partial charge is 0.337 e. The molecule has 0 aromatic heterocycles. The molecule has 2 unspecified atom stereocenters. The zero-order valence-electron chi connectivity index (χ0n) is 22.4. The number of hydrogen-bond acceptors (Lipinski definition) is 4. The highest BCUT2D eigenvalue weighted by atomic mass is 79.9. The van der Waals surface area contributed by atoms with Gasteiger partial charge in [0, 0.05) is 50.3 Å². The molecule has 6 nitrogen and oxygen atoms in total. The molecule has 38 heavy (non-hydrogen) atoms. The number of carbonyl (C=O) groups excluding carboxylic acids is 1. The number of allylic oxidation sites excluding steroid dienone is 1. The van der Waals surface area contributed by atoms with Gasteiger partial charge in [-0.1, -0.05) is 71.8 Å². The molecule has 2 aromatic rings. The van der Waals surface area contributed by atoms with Gasteiger partial charge in [-0.25, -0.2) is 8.42 Å². The number of carbonyl (C=O) groups is 1. The van der Waals surface area contributed by atoms with E-state index in [1.54, 1.807) is 28.6 Å². The highest BCUT2D eigenvalue weighted by Crippen LogP contribution is 2.59. The molecule has 1 saturated heterocycles. The molecule has 3 aliphatic carbocycles. The standard InChI is InChI=1S/C30H38BrN3O3S/c1-30(2)25-9-8-24(28(30)21-25)22-33(29(35)20-23-6-4-3-5-7-23)17-14-32-15-18-34(19-16-32)38(36,37)27-12-10-26(31)11-13-27/h3-8,10-13,25,28H,9,14-22H2,1-2H3. The van der Waals surface area contributed by atoms with E-state index in [9.17, 15) is 13.2 Å². The van der Waals surface area contributed by atoms with Crippen LogP contribution < -0.4 is 0 Å². The topological polar surface area (TPSA) is 60.9 Å². The normalized spacial score (nSPS) is 23.4. The summed E-state index contributed by atoms with van der Waals surface area (Å²) in [5.41, 5.74) is 2.79. The smallest absolute Gasteiger partial charge is 0.243 e. The molecule has 2 atom stereocenters. The molecule has 1 aliphatic heterocycles. The van der Waals surface area contributed by atoms with Gasteiger partial charge < -0.3 is 4.90 Å². The van der Waals surface area contributed by atoms with Crippen LogP contribution in [0.5, 0.6) is 0 Å². The molecule has 1 saturated carbocycles. The summed E-state index contributed by atoms with van der Waals surface area (Å²) >= 11 is 3.37. The van der Waals surface area contributed by atoms with Crippen LogP contribution in [0.1, 0.15) is 32.3 Å². The van der Waals surface area contributed by atoms with Gasteiger partial charge in [0.05, 0.1) is 11.3 Å². The lowest BCUT2D eigenvalue weighted by atomic mass is 9.49. The molecule has 4 aliphatic rings. The van der Waals surface area contributed by atoms with Gasteiger partial charge in [-0.3, -0.25) is 9.69 Å². The summed E-state index contributed by atoms with van der Waals surface area (Å²) in [7, 11) is -3.50. The first-order valence-corrected chi connectivity index (χ1v) is 15.9. The number of sulfonamides is 1. The summed E-state index contributed by atoms with van der Waals surface area (Å²) in [5, 5.41) is 0. The van der Waals surface area contributed by atoms with Gasteiger partial charge in [-0.2, -0.15) is 4.31 Å². The minimum absolute atomic E-state index is 0.160. The predicted octanol–water partition coefficient (Wildman–Crippen LogP) is 4.82. The highest BCUT2D eigenvalue weighted by molar-refractivity contribution is 9.10. The Kier molecular flexibility index (Phi) is 8.15. The fraction of sp³-hybridized carbons (Fsp3) is 0.500. The molecule has 2 bridgehead atoms. The summed E-state index contributed by atoms with van der Waals surface area (Å²) in [6, 6.07) is 16.8. The third-order valence-electron chi connectivity index (χ3n) is 8.98. The van der Waals surface area contributed by atoms with E-state index in [1.807, 2.05) is 35.2 Å². The zero-order chi connectivity index (χ0) is 26.9. The zero-order valence-corrected chi connectivity index (χ0v) is 24.8. The molecule has 204 valence electrons. The minimum atomic E-state index is -3.50. The highest BCUT2D eigenvalue weighted by Gasteiger charge is 2.51. The Morgan fingerprint density at radius 1 is 1.03 bits per heavy atom. The van der Waals surface area contributed by atoms with Crippen molar-refractivity contribution in [2.45, 2.75) is 38.0 Å². The third-order valence-corrected chi connectivity index (χ3v) is 11.4. The molecule has 6 rings (SSSR count). The number of amides is 1. The van der Waals surface area contributed by atoms with E-state index in [0.29, 0.717) is 61.9 Å². The van der Waals surface area contributed by atoms with Crippen molar-refractivity contribution in [3.63, 3.8) is 0 Å². The van der Waals surface area contributed by atoms with Crippen molar-refractivity contribution < 1.29 is 13.2 Å². The first kappa shape index (κ1) is 27.6.